The smallest absolute Gasteiger partial charge is 0.408 e. The van der Waals surface area contributed by atoms with Gasteiger partial charge in [-0.25, -0.2) is 4.79 Å². The quantitative estimate of drug-likeness (QED) is 0.418. The monoisotopic (exact) mass is 527 g/mol. The fourth-order valence-electron chi connectivity index (χ4n) is 3.87. The number of thioether (sulfide) groups is 1. The number of carbonyl (C=O) groups excluding carboxylic acids is 3. The van der Waals surface area contributed by atoms with E-state index < -0.39 is 23.8 Å². The van der Waals surface area contributed by atoms with E-state index in [4.69, 9.17) is 4.74 Å². The fourth-order valence-corrected chi connectivity index (χ4v) is 4.34. The van der Waals surface area contributed by atoms with E-state index in [2.05, 4.69) is 10.6 Å². The highest BCUT2D eigenvalue weighted by Crippen LogP contribution is 2.26. The molecule has 2 aromatic rings. The minimum atomic E-state index is -0.867. The zero-order valence-corrected chi connectivity index (χ0v) is 23.9. The highest BCUT2D eigenvalue weighted by Gasteiger charge is 2.37. The van der Waals surface area contributed by atoms with E-state index in [0.717, 1.165) is 11.1 Å². The molecule has 8 heteroatoms. The molecule has 37 heavy (non-hydrogen) atoms. The summed E-state index contributed by atoms with van der Waals surface area (Å²) in [5.74, 6) is 0.0547. The van der Waals surface area contributed by atoms with Crippen LogP contribution < -0.4 is 10.6 Å². The lowest BCUT2D eigenvalue weighted by atomic mass is 9.99. The maximum Gasteiger partial charge on any atom is 0.408 e. The second-order valence-corrected chi connectivity index (χ2v) is 11.3. The van der Waals surface area contributed by atoms with Crippen molar-refractivity contribution in [3.63, 3.8) is 0 Å². The van der Waals surface area contributed by atoms with Crippen molar-refractivity contribution in [2.24, 2.45) is 0 Å². The van der Waals surface area contributed by atoms with Gasteiger partial charge in [-0.3, -0.25) is 9.59 Å². The van der Waals surface area contributed by atoms with Crippen LogP contribution >= 0.6 is 11.8 Å². The van der Waals surface area contributed by atoms with Crippen LogP contribution in [0.25, 0.3) is 0 Å². The number of aryl methyl sites for hydroxylation is 1. The minimum absolute atomic E-state index is 0.282. The third-order valence-electron chi connectivity index (χ3n) is 5.64. The molecule has 3 amide bonds. The van der Waals surface area contributed by atoms with Crippen LogP contribution in [0.1, 0.15) is 63.8 Å². The van der Waals surface area contributed by atoms with Gasteiger partial charge in [0.05, 0.1) is 0 Å². The van der Waals surface area contributed by atoms with Crippen molar-refractivity contribution in [3.05, 3.63) is 71.3 Å². The molecule has 7 nitrogen and oxygen atoms in total. The number of rotatable bonds is 11. The maximum absolute atomic E-state index is 14.0. The second-order valence-electron chi connectivity index (χ2n) is 10.3. The normalized spacial score (nSPS) is 13.0. The molecule has 0 saturated heterocycles. The third kappa shape index (κ3) is 9.76. The summed E-state index contributed by atoms with van der Waals surface area (Å²) in [7, 11) is 0. The Morgan fingerprint density at radius 1 is 1.00 bits per heavy atom. The molecular formula is C29H41N3O4S. The number of nitrogens with zero attached hydrogens (tertiary/aromatic N) is 1. The Morgan fingerprint density at radius 2 is 1.62 bits per heavy atom. The maximum atomic E-state index is 14.0. The first kappa shape index (κ1) is 30.2. The Hall–Kier alpha value is -3.00. The number of hydrogen-bond acceptors (Lipinski definition) is 5. The van der Waals surface area contributed by atoms with Gasteiger partial charge in [-0.1, -0.05) is 60.2 Å². The van der Waals surface area contributed by atoms with Crippen molar-refractivity contribution < 1.29 is 19.1 Å². The molecule has 0 aliphatic heterocycles. The van der Waals surface area contributed by atoms with Gasteiger partial charge in [0.2, 0.25) is 11.8 Å². The highest BCUT2D eigenvalue weighted by atomic mass is 32.2. The Kier molecular flexibility index (Phi) is 11.5. The average Bonchev–Trinajstić information content (AvgIpc) is 2.83. The molecule has 0 saturated carbocycles. The minimum Gasteiger partial charge on any atom is -0.444 e. The van der Waals surface area contributed by atoms with Gasteiger partial charge in [0.25, 0.3) is 0 Å². The number of hydrogen-bond donors (Lipinski definition) is 2. The van der Waals surface area contributed by atoms with Crippen molar-refractivity contribution in [1.29, 1.82) is 0 Å². The lowest BCUT2D eigenvalue weighted by molar-refractivity contribution is -0.144. The number of nitrogens with one attached hydrogen (secondary N) is 2. The van der Waals surface area contributed by atoms with Gasteiger partial charge in [0.15, 0.2) is 0 Å². The summed E-state index contributed by atoms with van der Waals surface area (Å²) in [6.07, 6.45) is 1.70. The summed E-state index contributed by atoms with van der Waals surface area (Å²) in [6, 6.07) is 15.2. The van der Waals surface area contributed by atoms with Crippen LogP contribution in [0, 0.1) is 6.92 Å². The lowest BCUT2D eigenvalue weighted by Crippen LogP contribution is -2.55. The highest BCUT2D eigenvalue weighted by molar-refractivity contribution is 7.98. The molecule has 2 N–H and O–H groups in total. The number of ether oxygens (including phenoxy) is 1. The van der Waals surface area contributed by atoms with Gasteiger partial charge in [-0.05, 0) is 71.1 Å². The zero-order chi connectivity index (χ0) is 27.6. The average molecular weight is 528 g/mol. The molecular weight excluding hydrogens is 486 g/mol. The van der Waals surface area contributed by atoms with Gasteiger partial charge < -0.3 is 20.3 Å². The van der Waals surface area contributed by atoms with Gasteiger partial charge in [0.1, 0.15) is 17.7 Å². The summed E-state index contributed by atoms with van der Waals surface area (Å²) in [6.45, 7) is 11.4. The summed E-state index contributed by atoms with van der Waals surface area (Å²) in [4.78, 5) is 41.9. The molecule has 0 bridgehead atoms. The Bertz CT molecular complexity index is 1020. The first-order valence-corrected chi connectivity index (χ1v) is 14.0. The largest absolute Gasteiger partial charge is 0.444 e. The molecule has 202 valence electrons. The summed E-state index contributed by atoms with van der Waals surface area (Å²) >= 11 is 1.58. The molecule has 0 spiro atoms. The van der Waals surface area contributed by atoms with Gasteiger partial charge in [-0.15, -0.1) is 0 Å². The lowest BCUT2D eigenvalue weighted by Gasteiger charge is -2.37. The van der Waals surface area contributed by atoms with Gasteiger partial charge >= 0.3 is 6.09 Å². The summed E-state index contributed by atoms with van der Waals surface area (Å²) < 4.78 is 5.42. The van der Waals surface area contributed by atoms with E-state index in [-0.39, 0.29) is 17.9 Å². The van der Waals surface area contributed by atoms with Gasteiger partial charge in [0, 0.05) is 12.6 Å². The Morgan fingerprint density at radius 3 is 2.16 bits per heavy atom. The molecule has 0 aromatic heterocycles. The molecule has 0 aliphatic rings. The standard InChI is InChI=1S/C29H41N3O4S/c1-20(2)32(27(34)24(17-18-37-7)31-28(35)36-29(4,5)6)25(23-15-13-21(3)14-16-23)26(33)30-19-22-11-9-8-10-12-22/h8-16,20,24-25H,17-19H2,1-7H3,(H,30,33)(H,31,35). The second kappa shape index (κ2) is 14.1. The van der Waals surface area contributed by atoms with Crippen molar-refractivity contribution >= 4 is 29.7 Å². The van der Waals surface area contributed by atoms with E-state index in [1.165, 1.54) is 0 Å². The van der Waals surface area contributed by atoms with Crippen molar-refractivity contribution in [3.8, 4) is 0 Å². The SMILES string of the molecule is CSCCC(NC(=O)OC(C)(C)C)C(=O)N(C(C)C)C(C(=O)NCc1ccccc1)c1ccc(C)cc1. The van der Waals surface area contributed by atoms with E-state index in [0.29, 0.717) is 24.3 Å². The van der Waals surface area contributed by atoms with E-state index in [9.17, 15) is 14.4 Å². The van der Waals surface area contributed by atoms with Crippen LogP contribution in [0.4, 0.5) is 4.79 Å². The van der Waals surface area contributed by atoms with Crippen LogP contribution in [0.5, 0.6) is 0 Å². The summed E-state index contributed by atoms with van der Waals surface area (Å²) in [5, 5.41) is 5.77. The Balaban J connectivity index is 2.41. The van der Waals surface area contributed by atoms with E-state index in [1.807, 2.05) is 81.6 Å². The van der Waals surface area contributed by atoms with E-state index >= 15 is 0 Å². The molecule has 0 radical (unpaired) electrons. The first-order chi connectivity index (χ1) is 17.4. The van der Waals surface area contributed by atoms with Crippen LogP contribution in [0.3, 0.4) is 0 Å². The third-order valence-corrected chi connectivity index (χ3v) is 6.28. The number of carbonyl (C=O) groups is 3. The van der Waals surface area contributed by atoms with Gasteiger partial charge in [-0.2, -0.15) is 11.8 Å². The molecule has 2 atom stereocenters. The Labute approximate surface area is 225 Å². The van der Waals surface area contributed by atoms with E-state index in [1.54, 1.807) is 37.4 Å². The van der Waals surface area contributed by atoms with Crippen molar-refractivity contribution in [2.75, 3.05) is 12.0 Å². The van der Waals surface area contributed by atoms with Crippen LogP contribution in [-0.4, -0.2) is 52.5 Å². The topological polar surface area (TPSA) is 87.7 Å². The van der Waals surface area contributed by atoms with Crippen LogP contribution in [-0.2, 0) is 20.9 Å². The molecule has 0 fully saturated rings. The molecule has 0 aliphatic carbocycles. The van der Waals surface area contributed by atoms with Crippen molar-refractivity contribution in [2.45, 2.75) is 78.2 Å². The fraction of sp³-hybridized carbons (Fsp3) is 0.483. The molecule has 0 heterocycles. The number of benzene rings is 2. The zero-order valence-electron chi connectivity index (χ0n) is 23.0. The molecule has 2 aromatic carbocycles. The van der Waals surface area contributed by atoms with Crippen LogP contribution in [0.15, 0.2) is 54.6 Å². The number of amides is 3. The molecule has 2 rings (SSSR count). The number of alkyl carbamates (subject to hydrolysis) is 1. The first-order valence-electron chi connectivity index (χ1n) is 12.6. The predicted molar refractivity (Wildman–Crippen MR) is 150 cm³/mol. The summed E-state index contributed by atoms with van der Waals surface area (Å²) in [5.41, 5.74) is 2.03. The van der Waals surface area contributed by atoms with Crippen molar-refractivity contribution in [1.82, 2.24) is 15.5 Å². The predicted octanol–water partition coefficient (Wildman–Crippen LogP) is 5.24. The molecule has 2 unspecified atom stereocenters. The van der Waals surface area contributed by atoms with Crippen LogP contribution in [0.2, 0.25) is 0 Å².